The Balaban J connectivity index is 0.000000989. The van der Waals surface area contributed by atoms with Crippen LogP contribution in [0.4, 0.5) is 5.69 Å². The first-order valence-electron chi connectivity index (χ1n) is 11.4. The Hall–Kier alpha value is -1.88. The number of carbonyl (C=O) groups is 2. The van der Waals surface area contributed by atoms with E-state index in [1.165, 1.54) is 0 Å². The molecule has 1 aromatic carbocycles. The van der Waals surface area contributed by atoms with Gasteiger partial charge in [0.1, 0.15) is 6.04 Å². The highest BCUT2D eigenvalue weighted by Gasteiger charge is 2.40. The van der Waals surface area contributed by atoms with Gasteiger partial charge < -0.3 is 16.0 Å². The molecule has 0 radical (unpaired) electrons. The number of nitrogens with two attached hydrogens (primary N) is 1. The maximum Gasteiger partial charge on any atom is 0.247 e. The van der Waals surface area contributed by atoms with Crippen molar-refractivity contribution in [2.45, 2.75) is 72.8 Å². The predicted octanol–water partition coefficient (Wildman–Crippen LogP) is 4.68. The molecule has 2 fully saturated rings. The first-order valence-corrected chi connectivity index (χ1v) is 11.4. The monoisotopic (exact) mass is 403 g/mol. The zero-order valence-corrected chi connectivity index (χ0v) is 19.0. The quantitative estimate of drug-likeness (QED) is 0.766. The number of carbonyl (C=O) groups excluding carboxylic acids is 2. The van der Waals surface area contributed by atoms with E-state index in [1.807, 2.05) is 62.9 Å². The molecule has 3 N–H and O–H groups in total. The molecule has 1 aliphatic carbocycles. The number of benzene rings is 1. The van der Waals surface area contributed by atoms with Crippen molar-refractivity contribution < 1.29 is 9.59 Å². The van der Waals surface area contributed by atoms with E-state index < -0.39 is 0 Å². The Kier molecular flexibility index (Phi) is 11.6. The van der Waals surface area contributed by atoms with E-state index in [4.69, 9.17) is 5.73 Å². The van der Waals surface area contributed by atoms with Crippen LogP contribution >= 0.6 is 0 Å². The second-order valence-corrected chi connectivity index (χ2v) is 7.66. The molecule has 1 aliphatic heterocycles. The molecule has 164 valence electrons. The van der Waals surface area contributed by atoms with Crippen molar-refractivity contribution in [1.29, 1.82) is 0 Å². The highest BCUT2D eigenvalue weighted by Crippen LogP contribution is 2.33. The van der Waals surface area contributed by atoms with Crippen LogP contribution < -0.4 is 11.1 Å². The number of hydrogen-bond acceptors (Lipinski definition) is 3. The minimum Gasteiger partial charge on any atom is -0.330 e. The third-order valence-electron chi connectivity index (χ3n) is 5.67. The summed E-state index contributed by atoms with van der Waals surface area (Å²) in [5.41, 5.74) is 6.53. The number of nitrogens with one attached hydrogen (secondary N) is 1. The van der Waals surface area contributed by atoms with Crippen molar-refractivity contribution in [2.24, 2.45) is 23.5 Å². The molecule has 29 heavy (non-hydrogen) atoms. The predicted molar refractivity (Wildman–Crippen MR) is 122 cm³/mol. The Morgan fingerprint density at radius 1 is 1.03 bits per heavy atom. The van der Waals surface area contributed by atoms with Crippen LogP contribution in [0.1, 0.15) is 66.7 Å². The summed E-state index contributed by atoms with van der Waals surface area (Å²) in [5.74, 6) is 1.06. The fourth-order valence-electron chi connectivity index (χ4n) is 4.16. The summed E-state index contributed by atoms with van der Waals surface area (Å²) in [7, 11) is 0. The van der Waals surface area contributed by atoms with E-state index in [1.54, 1.807) is 0 Å². The van der Waals surface area contributed by atoms with Gasteiger partial charge in [0.15, 0.2) is 0 Å². The highest BCUT2D eigenvalue weighted by atomic mass is 16.2. The average Bonchev–Trinajstić information content (AvgIpc) is 3.18. The van der Waals surface area contributed by atoms with Crippen molar-refractivity contribution in [3.63, 3.8) is 0 Å². The van der Waals surface area contributed by atoms with Crippen molar-refractivity contribution in [3.8, 4) is 0 Å². The minimum absolute atomic E-state index is 0.0557. The molecule has 0 aromatic heterocycles. The molecule has 0 spiro atoms. The number of likely N-dealkylation sites (tertiary alicyclic amines) is 1. The summed E-state index contributed by atoms with van der Waals surface area (Å²) in [6.07, 6.45) is 4.59. The lowest BCUT2D eigenvalue weighted by Gasteiger charge is -2.32. The van der Waals surface area contributed by atoms with Crippen LogP contribution in [-0.2, 0) is 9.59 Å². The topological polar surface area (TPSA) is 75.4 Å². The Bertz CT molecular complexity index is 597. The number of anilines is 1. The fourth-order valence-corrected chi connectivity index (χ4v) is 4.16. The van der Waals surface area contributed by atoms with Gasteiger partial charge in [-0.3, -0.25) is 9.59 Å². The molecule has 0 bridgehead atoms. The van der Waals surface area contributed by atoms with Gasteiger partial charge in [0.25, 0.3) is 0 Å². The minimum atomic E-state index is -0.352. The number of para-hydroxylation sites is 1. The van der Waals surface area contributed by atoms with Crippen LogP contribution in [0.5, 0.6) is 0 Å². The van der Waals surface area contributed by atoms with Crippen LogP contribution in [0, 0.1) is 17.8 Å². The van der Waals surface area contributed by atoms with Crippen molar-refractivity contribution in [1.82, 2.24) is 4.90 Å². The molecule has 1 saturated heterocycles. The molecular weight excluding hydrogens is 362 g/mol. The van der Waals surface area contributed by atoms with E-state index >= 15 is 0 Å². The van der Waals surface area contributed by atoms with Gasteiger partial charge in [-0.15, -0.1) is 0 Å². The molecule has 3 rings (SSSR count). The standard InChI is InChI=1S/C20H29N3O2.2C2H6/c1-14-11-18(19(24)22-17-5-3-2-4-6-17)23(13-14)20(25)16-9-7-15(12-21)8-10-16;2*1-2/h2-6,14-16,18H,7-13,21H2,1H3,(H,22,24);2*1-2H3. The summed E-state index contributed by atoms with van der Waals surface area (Å²) in [6.45, 7) is 11.5. The van der Waals surface area contributed by atoms with Gasteiger partial charge in [0, 0.05) is 18.2 Å². The summed E-state index contributed by atoms with van der Waals surface area (Å²) < 4.78 is 0. The van der Waals surface area contributed by atoms with Gasteiger partial charge in [-0.25, -0.2) is 0 Å². The molecule has 5 heteroatoms. The van der Waals surface area contributed by atoms with Crippen molar-refractivity contribution in [2.75, 3.05) is 18.4 Å². The SMILES string of the molecule is CC.CC.CC1CC(C(=O)Nc2ccccc2)N(C(=O)C2CCC(CN)CC2)C1. The molecule has 1 aromatic rings. The largest absolute Gasteiger partial charge is 0.330 e. The van der Waals surface area contributed by atoms with E-state index in [-0.39, 0.29) is 23.8 Å². The second kappa shape index (κ2) is 13.4. The maximum absolute atomic E-state index is 13.0. The smallest absolute Gasteiger partial charge is 0.247 e. The van der Waals surface area contributed by atoms with Gasteiger partial charge in [-0.2, -0.15) is 0 Å². The lowest BCUT2D eigenvalue weighted by Crippen LogP contribution is -2.46. The maximum atomic E-state index is 13.0. The molecule has 2 aliphatic rings. The van der Waals surface area contributed by atoms with Gasteiger partial charge in [-0.05, 0) is 62.6 Å². The van der Waals surface area contributed by atoms with E-state index in [2.05, 4.69) is 12.2 Å². The highest BCUT2D eigenvalue weighted by molar-refractivity contribution is 5.97. The Labute approximate surface area is 177 Å². The first kappa shape index (κ1) is 25.2. The summed E-state index contributed by atoms with van der Waals surface area (Å²) in [4.78, 5) is 27.6. The third-order valence-corrected chi connectivity index (χ3v) is 5.67. The number of hydrogen-bond donors (Lipinski definition) is 2. The molecule has 1 saturated carbocycles. The second-order valence-electron chi connectivity index (χ2n) is 7.66. The Morgan fingerprint density at radius 3 is 2.17 bits per heavy atom. The van der Waals surface area contributed by atoms with Gasteiger partial charge >= 0.3 is 0 Å². The van der Waals surface area contributed by atoms with Crippen molar-refractivity contribution in [3.05, 3.63) is 30.3 Å². The summed E-state index contributed by atoms with van der Waals surface area (Å²) in [5, 5.41) is 2.96. The van der Waals surface area contributed by atoms with Crippen molar-refractivity contribution >= 4 is 17.5 Å². The number of nitrogens with zero attached hydrogens (tertiary/aromatic N) is 1. The number of amides is 2. The zero-order chi connectivity index (χ0) is 21.8. The van der Waals surface area contributed by atoms with Crippen LogP contribution in [0.2, 0.25) is 0 Å². The molecule has 5 nitrogen and oxygen atoms in total. The van der Waals surface area contributed by atoms with Gasteiger partial charge in [0.05, 0.1) is 0 Å². The lowest BCUT2D eigenvalue weighted by atomic mass is 9.81. The normalized spacial score (nSPS) is 25.8. The van der Waals surface area contributed by atoms with E-state index in [0.29, 0.717) is 24.9 Å². The van der Waals surface area contributed by atoms with E-state index in [0.717, 1.165) is 37.8 Å². The van der Waals surface area contributed by atoms with Crippen LogP contribution in [-0.4, -0.2) is 35.8 Å². The van der Waals surface area contributed by atoms with E-state index in [9.17, 15) is 9.59 Å². The summed E-state index contributed by atoms with van der Waals surface area (Å²) >= 11 is 0. The molecule has 2 amide bonds. The molecule has 2 atom stereocenters. The fraction of sp³-hybridized carbons (Fsp3) is 0.667. The third kappa shape index (κ3) is 7.14. The molecule has 1 heterocycles. The summed E-state index contributed by atoms with van der Waals surface area (Å²) in [6, 6.07) is 9.10. The number of rotatable bonds is 4. The lowest BCUT2D eigenvalue weighted by molar-refractivity contribution is -0.141. The average molecular weight is 404 g/mol. The van der Waals surface area contributed by atoms with Crippen LogP contribution in [0.15, 0.2) is 30.3 Å². The zero-order valence-electron chi connectivity index (χ0n) is 19.0. The van der Waals surface area contributed by atoms with Crippen LogP contribution in [0.3, 0.4) is 0 Å². The molecule has 2 unspecified atom stereocenters. The Morgan fingerprint density at radius 2 is 1.62 bits per heavy atom. The molecular formula is C24H41N3O2. The van der Waals surface area contributed by atoms with Gasteiger partial charge in [-0.1, -0.05) is 52.8 Å². The van der Waals surface area contributed by atoms with Gasteiger partial charge in [0.2, 0.25) is 11.8 Å². The first-order chi connectivity index (χ1) is 14.1. The van der Waals surface area contributed by atoms with Crippen LogP contribution in [0.25, 0.3) is 0 Å².